The highest BCUT2D eigenvalue weighted by Crippen LogP contribution is 2.28. The smallest absolute Gasteiger partial charge is 0.188 e. The van der Waals surface area contributed by atoms with Crippen LogP contribution in [0.5, 0.6) is 11.5 Å². The topological polar surface area (TPSA) is 68.9 Å². The molecule has 0 saturated carbocycles. The fourth-order valence-electron chi connectivity index (χ4n) is 1.92. The molecule has 0 aliphatic heterocycles. The maximum Gasteiger partial charge on any atom is 0.188 e. The fraction of sp³-hybridized carbons (Fsp3) is 0.588. The molecule has 0 aliphatic carbocycles. The number of hydrogen-bond acceptors (Lipinski definition) is 3. The molecule has 0 saturated heterocycles. The number of halogens is 1. The Morgan fingerprint density at radius 2 is 1.83 bits per heavy atom. The van der Waals surface area contributed by atoms with Crippen LogP contribution in [0.15, 0.2) is 23.2 Å². The molecule has 5 nitrogen and oxygen atoms in total. The number of aliphatic imine (C=N–C) groups is 1. The molecule has 1 aromatic rings. The number of rotatable bonds is 9. The third-order valence-electron chi connectivity index (χ3n) is 2.95. The van der Waals surface area contributed by atoms with Crippen LogP contribution < -0.4 is 20.5 Å². The lowest BCUT2D eigenvalue weighted by molar-refractivity contribution is 0.287. The van der Waals surface area contributed by atoms with E-state index in [1.54, 1.807) is 0 Å². The van der Waals surface area contributed by atoms with Crippen LogP contribution in [0.2, 0.25) is 0 Å². The lowest BCUT2D eigenvalue weighted by Gasteiger charge is -2.13. The second-order valence-corrected chi connectivity index (χ2v) is 5.44. The highest BCUT2D eigenvalue weighted by Gasteiger charge is 2.06. The van der Waals surface area contributed by atoms with E-state index in [0.29, 0.717) is 25.1 Å². The van der Waals surface area contributed by atoms with E-state index in [9.17, 15) is 0 Å². The SMILES string of the molecule is CCOc1ccc(CCNC(N)=NCC(C)C)cc1OCC.I. The van der Waals surface area contributed by atoms with Crippen LogP contribution in [0.1, 0.15) is 33.3 Å². The molecule has 0 spiro atoms. The van der Waals surface area contributed by atoms with Crippen LogP contribution in [0, 0.1) is 5.92 Å². The van der Waals surface area contributed by atoms with Crippen LogP contribution in [0.25, 0.3) is 0 Å². The monoisotopic (exact) mass is 435 g/mol. The number of benzene rings is 1. The minimum atomic E-state index is 0. The molecular weight excluding hydrogens is 405 g/mol. The zero-order valence-corrected chi connectivity index (χ0v) is 16.9. The minimum absolute atomic E-state index is 0. The van der Waals surface area contributed by atoms with Gasteiger partial charge in [0.15, 0.2) is 17.5 Å². The van der Waals surface area contributed by atoms with Crippen molar-refractivity contribution in [2.24, 2.45) is 16.6 Å². The van der Waals surface area contributed by atoms with Crippen molar-refractivity contribution >= 4 is 29.9 Å². The van der Waals surface area contributed by atoms with Gasteiger partial charge >= 0.3 is 0 Å². The Labute approximate surface area is 157 Å². The molecule has 0 radical (unpaired) electrons. The summed E-state index contributed by atoms with van der Waals surface area (Å²) in [4.78, 5) is 4.28. The van der Waals surface area contributed by atoms with E-state index in [1.807, 2.05) is 26.0 Å². The Balaban J connectivity index is 0.00000484. The average Bonchev–Trinajstić information content (AvgIpc) is 2.48. The number of nitrogens with two attached hydrogens (primary N) is 1. The minimum Gasteiger partial charge on any atom is -0.490 e. The van der Waals surface area contributed by atoms with Gasteiger partial charge in [-0.25, -0.2) is 0 Å². The van der Waals surface area contributed by atoms with E-state index in [2.05, 4.69) is 30.2 Å². The first-order valence-electron chi connectivity index (χ1n) is 7.99. The molecule has 132 valence electrons. The van der Waals surface area contributed by atoms with E-state index in [0.717, 1.165) is 31.0 Å². The summed E-state index contributed by atoms with van der Waals surface area (Å²) in [5.74, 6) is 2.60. The fourth-order valence-corrected chi connectivity index (χ4v) is 1.92. The van der Waals surface area contributed by atoms with E-state index in [4.69, 9.17) is 15.2 Å². The lowest BCUT2D eigenvalue weighted by atomic mass is 10.1. The Kier molecular flexibility index (Phi) is 11.6. The molecule has 0 atom stereocenters. The number of nitrogens with zero attached hydrogens (tertiary/aromatic N) is 1. The maximum absolute atomic E-state index is 5.82. The summed E-state index contributed by atoms with van der Waals surface area (Å²) in [7, 11) is 0. The van der Waals surface area contributed by atoms with E-state index >= 15 is 0 Å². The zero-order chi connectivity index (χ0) is 16.4. The van der Waals surface area contributed by atoms with Gasteiger partial charge in [-0.05, 0) is 43.9 Å². The van der Waals surface area contributed by atoms with Gasteiger partial charge in [0, 0.05) is 13.1 Å². The van der Waals surface area contributed by atoms with Gasteiger partial charge < -0.3 is 20.5 Å². The summed E-state index contributed by atoms with van der Waals surface area (Å²) in [5, 5.41) is 3.13. The van der Waals surface area contributed by atoms with Crippen LogP contribution >= 0.6 is 24.0 Å². The molecule has 1 rings (SSSR count). The van der Waals surface area contributed by atoms with Gasteiger partial charge in [-0.1, -0.05) is 19.9 Å². The van der Waals surface area contributed by atoms with Gasteiger partial charge in [-0.2, -0.15) is 0 Å². The summed E-state index contributed by atoms with van der Waals surface area (Å²) in [6.07, 6.45) is 0.852. The molecule has 0 aliphatic rings. The van der Waals surface area contributed by atoms with Crippen LogP contribution in [-0.2, 0) is 6.42 Å². The molecule has 6 heteroatoms. The van der Waals surface area contributed by atoms with E-state index in [-0.39, 0.29) is 24.0 Å². The van der Waals surface area contributed by atoms with Crippen molar-refractivity contribution < 1.29 is 9.47 Å². The van der Waals surface area contributed by atoms with Crippen LogP contribution in [0.3, 0.4) is 0 Å². The Hall–Kier alpha value is -1.18. The molecule has 3 N–H and O–H groups in total. The Bertz CT molecular complexity index is 479. The second-order valence-electron chi connectivity index (χ2n) is 5.44. The molecule has 0 bridgehead atoms. The molecule has 0 aromatic heterocycles. The number of ether oxygens (including phenoxy) is 2. The van der Waals surface area contributed by atoms with Crippen molar-refractivity contribution in [1.29, 1.82) is 0 Å². The van der Waals surface area contributed by atoms with Gasteiger partial charge in [0.2, 0.25) is 0 Å². The summed E-state index contributed by atoms with van der Waals surface area (Å²) in [5.41, 5.74) is 7.00. The largest absolute Gasteiger partial charge is 0.490 e. The Morgan fingerprint density at radius 1 is 1.17 bits per heavy atom. The highest BCUT2D eigenvalue weighted by molar-refractivity contribution is 14.0. The average molecular weight is 435 g/mol. The van der Waals surface area contributed by atoms with Gasteiger partial charge in [0.25, 0.3) is 0 Å². The van der Waals surface area contributed by atoms with Gasteiger partial charge in [0.05, 0.1) is 13.2 Å². The first-order chi connectivity index (χ1) is 10.6. The lowest BCUT2D eigenvalue weighted by Crippen LogP contribution is -2.33. The second kappa shape index (κ2) is 12.3. The van der Waals surface area contributed by atoms with Gasteiger partial charge in [-0.3, -0.25) is 4.99 Å². The zero-order valence-electron chi connectivity index (χ0n) is 14.6. The highest BCUT2D eigenvalue weighted by atomic mass is 127. The predicted octanol–water partition coefficient (Wildman–Crippen LogP) is 3.20. The first-order valence-corrected chi connectivity index (χ1v) is 7.99. The normalized spacial score (nSPS) is 11.1. The molecule has 0 fully saturated rings. The van der Waals surface area contributed by atoms with Crippen molar-refractivity contribution in [2.45, 2.75) is 34.1 Å². The molecule has 23 heavy (non-hydrogen) atoms. The van der Waals surface area contributed by atoms with E-state index in [1.165, 1.54) is 5.56 Å². The Morgan fingerprint density at radius 3 is 2.43 bits per heavy atom. The molecule has 1 aromatic carbocycles. The van der Waals surface area contributed by atoms with Crippen LogP contribution in [-0.4, -0.2) is 32.3 Å². The quantitative estimate of drug-likeness (QED) is 0.355. The van der Waals surface area contributed by atoms with Crippen molar-refractivity contribution in [3.05, 3.63) is 23.8 Å². The van der Waals surface area contributed by atoms with Crippen molar-refractivity contribution in [2.75, 3.05) is 26.3 Å². The number of guanidine groups is 1. The summed E-state index contributed by atoms with van der Waals surface area (Å²) >= 11 is 0. The standard InChI is InChI=1S/C17H29N3O2.HI/c1-5-21-15-8-7-14(11-16(15)22-6-2)9-10-19-17(18)20-12-13(3)4;/h7-8,11,13H,5-6,9-10,12H2,1-4H3,(H3,18,19,20);1H. The first kappa shape index (κ1) is 21.8. The number of hydrogen-bond donors (Lipinski definition) is 2. The van der Waals surface area contributed by atoms with Crippen molar-refractivity contribution in [3.63, 3.8) is 0 Å². The van der Waals surface area contributed by atoms with Crippen molar-refractivity contribution in [3.8, 4) is 11.5 Å². The van der Waals surface area contributed by atoms with Gasteiger partial charge in [0.1, 0.15) is 0 Å². The molecule has 0 unspecified atom stereocenters. The number of nitrogens with one attached hydrogen (secondary N) is 1. The van der Waals surface area contributed by atoms with Gasteiger partial charge in [-0.15, -0.1) is 24.0 Å². The predicted molar refractivity (Wildman–Crippen MR) is 107 cm³/mol. The van der Waals surface area contributed by atoms with Crippen molar-refractivity contribution in [1.82, 2.24) is 5.32 Å². The summed E-state index contributed by atoms with van der Waals surface area (Å²) in [6.45, 7) is 10.9. The molecular formula is C17H30IN3O2. The van der Waals surface area contributed by atoms with E-state index < -0.39 is 0 Å². The maximum atomic E-state index is 5.82. The third-order valence-corrected chi connectivity index (χ3v) is 2.95. The summed E-state index contributed by atoms with van der Waals surface area (Å²) in [6, 6.07) is 6.04. The van der Waals surface area contributed by atoms with Crippen LogP contribution in [0.4, 0.5) is 0 Å². The molecule has 0 amide bonds. The molecule has 0 heterocycles. The third kappa shape index (κ3) is 8.88. The summed E-state index contributed by atoms with van der Waals surface area (Å²) < 4.78 is 11.2.